The highest BCUT2D eigenvalue weighted by molar-refractivity contribution is 5.76. The van der Waals surface area contributed by atoms with E-state index in [1.54, 1.807) is 0 Å². The summed E-state index contributed by atoms with van der Waals surface area (Å²) in [5.74, 6) is 0. The molecule has 0 fully saturated rings. The van der Waals surface area contributed by atoms with E-state index in [0.29, 0.717) is 6.54 Å². The van der Waals surface area contributed by atoms with Crippen molar-refractivity contribution in [2.45, 2.75) is 52.1 Å². The second-order valence-electron chi connectivity index (χ2n) is 7.71. The Morgan fingerprint density at radius 3 is 2.60 bits per heavy atom. The molecule has 0 aromatic heterocycles. The van der Waals surface area contributed by atoms with Crippen LogP contribution in [-0.4, -0.2) is 18.2 Å². The van der Waals surface area contributed by atoms with Crippen molar-refractivity contribution >= 4 is 6.09 Å². The van der Waals surface area contributed by atoms with Crippen LogP contribution in [0.15, 0.2) is 42.5 Å². The number of hydrogen-bond donors (Lipinski definition) is 1. The van der Waals surface area contributed by atoms with Crippen LogP contribution in [-0.2, 0) is 17.6 Å². The average Bonchev–Trinajstić information content (AvgIpc) is 2.90. The van der Waals surface area contributed by atoms with Gasteiger partial charge in [0, 0.05) is 6.54 Å². The number of benzene rings is 2. The van der Waals surface area contributed by atoms with Gasteiger partial charge >= 0.3 is 6.09 Å². The Kier molecular flexibility index (Phi) is 5.12. The molecular formula is C22H27NO2. The molecule has 0 heterocycles. The van der Waals surface area contributed by atoms with Crippen LogP contribution in [0.2, 0.25) is 0 Å². The van der Waals surface area contributed by atoms with Gasteiger partial charge in [-0.2, -0.15) is 0 Å². The maximum atomic E-state index is 11.6. The van der Waals surface area contributed by atoms with Crippen LogP contribution in [0, 0.1) is 0 Å². The molecule has 0 radical (unpaired) electrons. The SMILES string of the molecule is CC(C)(C)OC(=O)NCCCCc1ccc2c(c1)Cc1ccccc1-2. The summed E-state index contributed by atoms with van der Waals surface area (Å²) in [6.45, 7) is 6.28. The predicted molar refractivity (Wildman–Crippen MR) is 102 cm³/mol. The fourth-order valence-corrected chi connectivity index (χ4v) is 3.31. The lowest BCUT2D eigenvalue weighted by atomic mass is 10.0. The Bertz CT molecular complexity index is 759. The molecule has 2 aromatic carbocycles. The van der Waals surface area contributed by atoms with Gasteiger partial charge in [-0.05, 0) is 74.3 Å². The number of alkyl carbamates (subject to hydrolysis) is 1. The molecule has 132 valence electrons. The van der Waals surface area contributed by atoms with Crippen molar-refractivity contribution < 1.29 is 9.53 Å². The Morgan fingerprint density at radius 1 is 1.04 bits per heavy atom. The van der Waals surface area contributed by atoms with E-state index in [-0.39, 0.29) is 6.09 Å². The second-order valence-corrected chi connectivity index (χ2v) is 7.71. The molecule has 1 aliphatic rings. The van der Waals surface area contributed by atoms with Crippen molar-refractivity contribution in [2.75, 3.05) is 6.54 Å². The van der Waals surface area contributed by atoms with Crippen LogP contribution < -0.4 is 5.32 Å². The zero-order valence-corrected chi connectivity index (χ0v) is 15.4. The van der Waals surface area contributed by atoms with E-state index in [9.17, 15) is 4.79 Å². The predicted octanol–water partition coefficient (Wildman–Crippen LogP) is 5.11. The van der Waals surface area contributed by atoms with Crippen molar-refractivity contribution in [1.82, 2.24) is 5.32 Å². The number of amides is 1. The molecule has 0 unspecified atom stereocenters. The van der Waals surface area contributed by atoms with Gasteiger partial charge < -0.3 is 10.1 Å². The molecule has 1 N–H and O–H groups in total. The molecule has 3 rings (SSSR count). The molecule has 0 spiro atoms. The number of hydrogen-bond acceptors (Lipinski definition) is 2. The van der Waals surface area contributed by atoms with Gasteiger partial charge in [0.15, 0.2) is 0 Å². The summed E-state index contributed by atoms with van der Waals surface area (Å²) in [6, 6.07) is 15.5. The zero-order chi connectivity index (χ0) is 17.9. The molecule has 1 aliphatic carbocycles. The highest BCUT2D eigenvalue weighted by Gasteiger charge is 2.18. The van der Waals surface area contributed by atoms with Gasteiger partial charge in [0.25, 0.3) is 0 Å². The minimum absolute atomic E-state index is 0.331. The number of nitrogens with one attached hydrogen (secondary N) is 1. The summed E-state index contributed by atoms with van der Waals surface area (Å²) in [5.41, 5.74) is 6.56. The van der Waals surface area contributed by atoms with Gasteiger partial charge in [-0.25, -0.2) is 4.79 Å². The largest absolute Gasteiger partial charge is 0.444 e. The molecule has 0 saturated heterocycles. The molecular weight excluding hydrogens is 310 g/mol. The first-order chi connectivity index (χ1) is 11.9. The van der Waals surface area contributed by atoms with E-state index in [1.807, 2.05) is 20.8 Å². The quantitative estimate of drug-likeness (QED) is 0.657. The highest BCUT2D eigenvalue weighted by atomic mass is 16.6. The number of unbranched alkanes of at least 4 members (excludes halogenated alkanes) is 1. The Balaban J connectivity index is 1.45. The van der Waals surface area contributed by atoms with Crippen molar-refractivity contribution in [1.29, 1.82) is 0 Å². The van der Waals surface area contributed by atoms with Gasteiger partial charge in [-0.3, -0.25) is 0 Å². The highest BCUT2D eigenvalue weighted by Crippen LogP contribution is 2.36. The van der Waals surface area contributed by atoms with Gasteiger partial charge in [-0.1, -0.05) is 42.5 Å². The normalized spacial score (nSPS) is 12.4. The Labute approximate surface area is 150 Å². The third-order valence-corrected chi connectivity index (χ3v) is 4.42. The summed E-state index contributed by atoms with van der Waals surface area (Å²) in [4.78, 5) is 11.6. The van der Waals surface area contributed by atoms with Gasteiger partial charge in [0.2, 0.25) is 0 Å². The molecule has 2 aromatic rings. The standard InChI is InChI=1S/C22H27NO2/c1-22(2,3)25-21(24)23-13-7-6-8-16-11-12-20-18(14-16)15-17-9-4-5-10-19(17)20/h4-5,9-12,14H,6-8,13,15H2,1-3H3,(H,23,24). The number of carbonyl (C=O) groups excluding carboxylic acids is 1. The molecule has 3 nitrogen and oxygen atoms in total. The third kappa shape index (κ3) is 4.62. The number of ether oxygens (including phenoxy) is 1. The summed E-state index contributed by atoms with van der Waals surface area (Å²) >= 11 is 0. The van der Waals surface area contributed by atoms with Crippen LogP contribution in [0.25, 0.3) is 11.1 Å². The first-order valence-electron chi connectivity index (χ1n) is 9.09. The average molecular weight is 337 g/mol. The monoisotopic (exact) mass is 337 g/mol. The number of rotatable bonds is 5. The fraction of sp³-hybridized carbons (Fsp3) is 0.409. The second kappa shape index (κ2) is 7.30. The van der Waals surface area contributed by atoms with E-state index in [0.717, 1.165) is 25.7 Å². The van der Waals surface area contributed by atoms with Gasteiger partial charge in [-0.15, -0.1) is 0 Å². The smallest absolute Gasteiger partial charge is 0.407 e. The van der Waals surface area contributed by atoms with E-state index in [1.165, 1.54) is 27.8 Å². The maximum Gasteiger partial charge on any atom is 0.407 e. The van der Waals surface area contributed by atoms with Gasteiger partial charge in [0.1, 0.15) is 5.60 Å². The van der Waals surface area contributed by atoms with Crippen LogP contribution >= 0.6 is 0 Å². The molecule has 3 heteroatoms. The number of fused-ring (bicyclic) bond motifs is 3. The van der Waals surface area contributed by atoms with Crippen LogP contribution in [0.1, 0.15) is 50.3 Å². The molecule has 25 heavy (non-hydrogen) atoms. The summed E-state index contributed by atoms with van der Waals surface area (Å²) in [7, 11) is 0. The van der Waals surface area contributed by atoms with Crippen molar-refractivity contribution in [2.24, 2.45) is 0 Å². The lowest BCUT2D eigenvalue weighted by Gasteiger charge is -2.19. The van der Waals surface area contributed by atoms with Crippen molar-refractivity contribution in [3.05, 3.63) is 59.2 Å². The number of carbonyl (C=O) groups is 1. The first kappa shape index (κ1) is 17.5. The van der Waals surface area contributed by atoms with Gasteiger partial charge in [0.05, 0.1) is 0 Å². The van der Waals surface area contributed by atoms with Crippen LogP contribution in [0.4, 0.5) is 4.79 Å². The lowest BCUT2D eigenvalue weighted by Crippen LogP contribution is -2.33. The Morgan fingerprint density at radius 2 is 1.80 bits per heavy atom. The Hall–Kier alpha value is -2.29. The van der Waals surface area contributed by atoms with E-state index >= 15 is 0 Å². The lowest BCUT2D eigenvalue weighted by molar-refractivity contribution is 0.0527. The summed E-state index contributed by atoms with van der Waals surface area (Å²) in [6.07, 6.45) is 3.76. The van der Waals surface area contributed by atoms with E-state index in [4.69, 9.17) is 4.74 Å². The summed E-state index contributed by atoms with van der Waals surface area (Å²) in [5, 5.41) is 2.82. The van der Waals surface area contributed by atoms with Crippen molar-refractivity contribution in [3.8, 4) is 11.1 Å². The maximum absolute atomic E-state index is 11.6. The molecule has 0 bridgehead atoms. The minimum Gasteiger partial charge on any atom is -0.444 e. The third-order valence-electron chi connectivity index (χ3n) is 4.42. The molecule has 0 aliphatic heterocycles. The molecule has 1 amide bonds. The number of aryl methyl sites for hydroxylation is 1. The van der Waals surface area contributed by atoms with Crippen LogP contribution in [0.3, 0.4) is 0 Å². The van der Waals surface area contributed by atoms with Crippen molar-refractivity contribution in [3.63, 3.8) is 0 Å². The first-order valence-corrected chi connectivity index (χ1v) is 9.09. The topological polar surface area (TPSA) is 38.3 Å². The summed E-state index contributed by atoms with van der Waals surface area (Å²) < 4.78 is 5.23. The minimum atomic E-state index is -0.438. The molecule has 0 saturated carbocycles. The van der Waals surface area contributed by atoms with Crippen LogP contribution in [0.5, 0.6) is 0 Å². The van der Waals surface area contributed by atoms with E-state index in [2.05, 4.69) is 47.8 Å². The zero-order valence-electron chi connectivity index (χ0n) is 15.4. The van der Waals surface area contributed by atoms with E-state index < -0.39 is 5.60 Å². The fourth-order valence-electron chi connectivity index (χ4n) is 3.31. The molecule has 0 atom stereocenters.